The van der Waals surface area contributed by atoms with Gasteiger partial charge < -0.3 is 10.6 Å². The Kier molecular flexibility index (Phi) is 4.78. The smallest absolute Gasteiger partial charge is 0.0339 e. The van der Waals surface area contributed by atoms with Gasteiger partial charge in [-0.1, -0.05) is 27.7 Å². The van der Waals surface area contributed by atoms with Crippen LogP contribution in [0.3, 0.4) is 0 Å². The summed E-state index contributed by atoms with van der Waals surface area (Å²) < 4.78 is 0. The molecule has 0 aromatic heterocycles. The zero-order chi connectivity index (χ0) is 15.9. The molecule has 1 saturated heterocycles. The van der Waals surface area contributed by atoms with Gasteiger partial charge in [-0.3, -0.25) is 4.90 Å². The minimum absolute atomic E-state index is 0.175. The highest BCUT2D eigenvalue weighted by atomic mass is 15.2. The molecule has 2 fully saturated rings. The Bertz CT molecular complexity index is 345. The maximum absolute atomic E-state index is 6.34. The van der Waals surface area contributed by atoms with Crippen LogP contribution in [0.25, 0.3) is 0 Å². The van der Waals surface area contributed by atoms with Crippen LogP contribution in [0.1, 0.15) is 59.8 Å². The number of hydrogen-bond donors (Lipinski definition) is 1. The third-order valence-electron chi connectivity index (χ3n) is 5.92. The second kappa shape index (κ2) is 5.82. The molecule has 0 bridgehead atoms. The average Bonchev–Trinajstić information content (AvgIpc) is 2.71. The van der Waals surface area contributed by atoms with E-state index < -0.39 is 0 Å². The largest absolute Gasteiger partial charge is 0.329 e. The Morgan fingerprint density at radius 3 is 2.10 bits per heavy atom. The van der Waals surface area contributed by atoms with E-state index in [1.165, 1.54) is 45.2 Å². The Hall–Kier alpha value is -0.120. The lowest BCUT2D eigenvalue weighted by Gasteiger charge is -2.56. The number of nitrogens with two attached hydrogens (primary N) is 1. The van der Waals surface area contributed by atoms with Gasteiger partial charge in [-0.05, 0) is 63.6 Å². The molecule has 3 heteroatoms. The molecule has 3 nitrogen and oxygen atoms in total. The van der Waals surface area contributed by atoms with Crippen molar-refractivity contribution in [3.05, 3.63) is 0 Å². The van der Waals surface area contributed by atoms with Crippen molar-refractivity contribution in [2.45, 2.75) is 71.4 Å². The molecule has 1 saturated carbocycles. The van der Waals surface area contributed by atoms with Crippen LogP contribution in [0, 0.1) is 10.8 Å². The van der Waals surface area contributed by atoms with Gasteiger partial charge in [0, 0.05) is 24.7 Å². The minimum atomic E-state index is 0.175. The summed E-state index contributed by atoms with van der Waals surface area (Å²) in [6, 6.07) is 0.714. The van der Waals surface area contributed by atoms with Gasteiger partial charge in [0.15, 0.2) is 0 Å². The maximum Gasteiger partial charge on any atom is 0.0339 e. The summed E-state index contributed by atoms with van der Waals surface area (Å²) in [5.41, 5.74) is 7.28. The molecule has 0 aromatic carbocycles. The first-order valence-electron chi connectivity index (χ1n) is 8.71. The third kappa shape index (κ3) is 3.80. The van der Waals surface area contributed by atoms with Crippen LogP contribution < -0.4 is 5.73 Å². The topological polar surface area (TPSA) is 32.5 Å². The average molecular weight is 296 g/mol. The lowest BCUT2D eigenvalue weighted by atomic mass is 9.58. The van der Waals surface area contributed by atoms with E-state index in [0.29, 0.717) is 16.9 Å². The lowest BCUT2D eigenvalue weighted by molar-refractivity contribution is -0.0383. The van der Waals surface area contributed by atoms with E-state index in [2.05, 4.69) is 51.6 Å². The second-order valence-electron chi connectivity index (χ2n) is 9.44. The van der Waals surface area contributed by atoms with E-state index in [9.17, 15) is 0 Å². The molecule has 1 atom stereocenters. The molecular weight excluding hydrogens is 258 g/mol. The van der Waals surface area contributed by atoms with Crippen molar-refractivity contribution in [2.75, 3.05) is 33.7 Å². The first-order valence-corrected chi connectivity index (χ1v) is 8.71. The fourth-order valence-corrected chi connectivity index (χ4v) is 5.55. The molecule has 0 radical (unpaired) electrons. The maximum atomic E-state index is 6.34. The summed E-state index contributed by atoms with van der Waals surface area (Å²) in [6.07, 6.45) is 6.45. The molecule has 21 heavy (non-hydrogen) atoms. The number of nitrogens with zero attached hydrogens (tertiary/aromatic N) is 2. The predicted molar refractivity (Wildman–Crippen MR) is 91.5 cm³/mol. The molecule has 1 unspecified atom stereocenters. The Balaban J connectivity index is 2.15. The molecular formula is C18H37N3. The summed E-state index contributed by atoms with van der Waals surface area (Å²) in [5, 5.41) is 0. The van der Waals surface area contributed by atoms with Crippen molar-refractivity contribution >= 4 is 0 Å². The number of likely N-dealkylation sites (tertiary alicyclic amines) is 1. The zero-order valence-electron chi connectivity index (χ0n) is 15.2. The molecule has 0 aromatic rings. The van der Waals surface area contributed by atoms with E-state index in [0.717, 1.165) is 6.54 Å². The van der Waals surface area contributed by atoms with Gasteiger partial charge in [-0.2, -0.15) is 0 Å². The first kappa shape index (κ1) is 17.2. The van der Waals surface area contributed by atoms with E-state index in [-0.39, 0.29) is 5.54 Å². The van der Waals surface area contributed by atoms with E-state index >= 15 is 0 Å². The summed E-state index contributed by atoms with van der Waals surface area (Å²) in [6.45, 7) is 12.9. The van der Waals surface area contributed by atoms with Gasteiger partial charge >= 0.3 is 0 Å². The molecule has 0 spiro atoms. The molecule has 1 aliphatic carbocycles. The molecule has 0 amide bonds. The fraction of sp³-hybridized carbons (Fsp3) is 1.00. The van der Waals surface area contributed by atoms with Crippen molar-refractivity contribution in [3.63, 3.8) is 0 Å². The fourth-order valence-electron chi connectivity index (χ4n) is 5.55. The number of hydrogen-bond acceptors (Lipinski definition) is 3. The van der Waals surface area contributed by atoms with E-state index in [1.54, 1.807) is 0 Å². The van der Waals surface area contributed by atoms with E-state index in [1.807, 2.05) is 0 Å². The number of likely N-dealkylation sites (N-methyl/N-ethyl adjacent to an activating group) is 2. The monoisotopic (exact) mass is 295 g/mol. The van der Waals surface area contributed by atoms with Gasteiger partial charge in [0.1, 0.15) is 0 Å². The van der Waals surface area contributed by atoms with Crippen molar-refractivity contribution in [2.24, 2.45) is 16.6 Å². The summed E-state index contributed by atoms with van der Waals surface area (Å²) in [7, 11) is 4.59. The van der Waals surface area contributed by atoms with Gasteiger partial charge in [-0.25, -0.2) is 0 Å². The van der Waals surface area contributed by atoms with Crippen LogP contribution in [0.2, 0.25) is 0 Å². The highest BCUT2D eigenvalue weighted by Gasteiger charge is 2.49. The normalized spacial score (nSPS) is 31.7. The van der Waals surface area contributed by atoms with E-state index in [4.69, 9.17) is 5.73 Å². The molecule has 124 valence electrons. The minimum Gasteiger partial charge on any atom is -0.329 e. The second-order valence-corrected chi connectivity index (χ2v) is 9.44. The number of rotatable bonds is 4. The molecule has 1 heterocycles. The summed E-state index contributed by atoms with van der Waals surface area (Å²) in [4.78, 5) is 5.14. The Morgan fingerprint density at radius 2 is 1.67 bits per heavy atom. The van der Waals surface area contributed by atoms with Crippen molar-refractivity contribution in [3.8, 4) is 0 Å². The van der Waals surface area contributed by atoms with Gasteiger partial charge in [-0.15, -0.1) is 0 Å². The quantitative estimate of drug-likeness (QED) is 0.865. The highest BCUT2D eigenvalue weighted by Crippen LogP contribution is 2.51. The molecule has 2 aliphatic rings. The van der Waals surface area contributed by atoms with Crippen LogP contribution in [-0.2, 0) is 0 Å². The summed E-state index contributed by atoms with van der Waals surface area (Å²) in [5.74, 6) is 0. The Labute approximate surface area is 132 Å². The highest BCUT2D eigenvalue weighted by molar-refractivity contribution is 5.04. The zero-order valence-corrected chi connectivity index (χ0v) is 15.2. The first-order chi connectivity index (χ1) is 9.59. The van der Waals surface area contributed by atoms with Crippen molar-refractivity contribution in [1.29, 1.82) is 0 Å². The van der Waals surface area contributed by atoms with Gasteiger partial charge in [0.05, 0.1) is 0 Å². The van der Waals surface area contributed by atoms with Crippen molar-refractivity contribution < 1.29 is 0 Å². The van der Waals surface area contributed by atoms with Crippen LogP contribution in [0.15, 0.2) is 0 Å². The lowest BCUT2D eigenvalue weighted by Crippen LogP contribution is -2.61. The van der Waals surface area contributed by atoms with Crippen LogP contribution in [-0.4, -0.2) is 55.1 Å². The van der Waals surface area contributed by atoms with Gasteiger partial charge in [0.25, 0.3) is 0 Å². The van der Waals surface area contributed by atoms with Crippen LogP contribution in [0.5, 0.6) is 0 Å². The predicted octanol–water partition coefficient (Wildman–Crippen LogP) is 2.95. The molecule has 2 rings (SSSR count). The van der Waals surface area contributed by atoms with Crippen LogP contribution >= 0.6 is 0 Å². The standard InChI is InChI=1S/C18H37N3/c1-16(2)11-17(3,4)13-18(12-16,14-19)21(6)10-15-8-7-9-20(15)5/h15H,7-14,19H2,1-6H3. The Morgan fingerprint density at radius 1 is 1.10 bits per heavy atom. The van der Waals surface area contributed by atoms with Crippen molar-refractivity contribution in [1.82, 2.24) is 9.80 Å². The van der Waals surface area contributed by atoms with Gasteiger partial charge in [0.2, 0.25) is 0 Å². The SMILES string of the molecule is CN1CCCC1CN(C)C1(CN)CC(C)(C)CC(C)(C)C1. The molecule has 1 aliphatic heterocycles. The molecule has 2 N–H and O–H groups in total. The summed E-state index contributed by atoms with van der Waals surface area (Å²) >= 11 is 0. The van der Waals surface area contributed by atoms with Crippen LogP contribution in [0.4, 0.5) is 0 Å². The third-order valence-corrected chi connectivity index (χ3v) is 5.92.